The van der Waals surface area contributed by atoms with Crippen molar-refractivity contribution in [1.82, 2.24) is 14.8 Å². The lowest BCUT2D eigenvalue weighted by atomic mass is 9.69. The van der Waals surface area contributed by atoms with Crippen LogP contribution in [-0.4, -0.2) is 47.9 Å². The highest BCUT2D eigenvalue weighted by molar-refractivity contribution is 5.88. The number of rotatable bonds is 4. The first-order chi connectivity index (χ1) is 15.0. The molecule has 1 spiro atoms. The van der Waals surface area contributed by atoms with E-state index in [-0.39, 0.29) is 23.9 Å². The van der Waals surface area contributed by atoms with Crippen molar-refractivity contribution in [2.24, 2.45) is 7.05 Å². The average Bonchev–Trinajstić information content (AvgIpc) is 3.10. The zero-order chi connectivity index (χ0) is 21.6. The number of nitrogens with zero attached hydrogens (tertiary/aromatic N) is 2. The molecule has 0 aliphatic carbocycles. The van der Waals surface area contributed by atoms with Crippen molar-refractivity contribution in [2.75, 3.05) is 33.4 Å². The lowest BCUT2D eigenvalue weighted by Gasteiger charge is -2.46. The predicted octanol–water partition coefficient (Wildman–Crippen LogP) is 3.50. The Hall–Kier alpha value is -2.41. The molecule has 1 atom stereocenters. The number of likely N-dealkylation sites (tertiary alicyclic amines) is 1. The number of nitrogens with one attached hydrogen (secondary N) is 1. The second-order valence-electron chi connectivity index (χ2n) is 9.00. The number of fused-ring (bicyclic) bond motifs is 4. The standard InChI is InChI=1S/C25H30FN3O2/c1-28-22-13-19(31-2)7-8-20(22)23-24(28)21(15-30)27-16-25(23)9-11-29(12-10-25)14-17-3-5-18(26)6-4-17/h3-8,13,21,27,30H,9-12,14-16H2,1-2H3/t21-/m1/s1. The van der Waals surface area contributed by atoms with E-state index in [1.54, 1.807) is 7.11 Å². The highest BCUT2D eigenvalue weighted by atomic mass is 19.1. The number of hydrogen-bond acceptors (Lipinski definition) is 4. The number of aliphatic hydroxyl groups is 1. The third-order valence-electron chi connectivity index (χ3n) is 7.32. The van der Waals surface area contributed by atoms with Crippen molar-refractivity contribution in [1.29, 1.82) is 0 Å². The third kappa shape index (κ3) is 3.43. The fourth-order valence-corrected chi connectivity index (χ4v) is 5.60. The number of halogens is 1. The summed E-state index contributed by atoms with van der Waals surface area (Å²) in [5, 5.41) is 15.0. The van der Waals surface area contributed by atoms with Gasteiger partial charge in [0.05, 0.1) is 25.3 Å². The molecule has 0 amide bonds. The Bertz CT molecular complexity index is 1080. The number of aliphatic hydroxyl groups excluding tert-OH is 1. The van der Waals surface area contributed by atoms with E-state index in [4.69, 9.17) is 4.74 Å². The second-order valence-corrected chi connectivity index (χ2v) is 9.00. The molecule has 2 N–H and O–H groups in total. The summed E-state index contributed by atoms with van der Waals surface area (Å²) in [6.07, 6.45) is 2.11. The SMILES string of the molecule is COc1ccc2c3c(n(C)c2c1)[C@@H](CO)NCC31CCN(Cc2ccc(F)cc2)CC1. The zero-order valence-electron chi connectivity index (χ0n) is 18.2. The molecule has 6 heteroatoms. The number of hydrogen-bond donors (Lipinski definition) is 2. The summed E-state index contributed by atoms with van der Waals surface area (Å²) < 4.78 is 20.9. The fraction of sp³-hybridized carbons (Fsp3) is 0.440. The number of piperidine rings is 1. The molecule has 3 heterocycles. The summed E-state index contributed by atoms with van der Waals surface area (Å²) in [6.45, 7) is 3.80. The van der Waals surface area contributed by atoms with Crippen molar-refractivity contribution < 1.29 is 14.2 Å². The van der Waals surface area contributed by atoms with Gasteiger partial charge >= 0.3 is 0 Å². The molecule has 0 radical (unpaired) electrons. The average molecular weight is 424 g/mol. The molecular weight excluding hydrogens is 393 g/mol. The Kier molecular flexibility index (Phi) is 5.24. The summed E-state index contributed by atoms with van der Waals surface area (Å²) in [4.78, 5) is 2.46. The largest absolute Gasteiger partial charge is 0.497 e. The summed E-state index contributed by atoms with van der Waals surface area (Å²) in [7, 11) is 3.79. The van der Waals surface area contributed by atoms with Crippen LogP contribution in [0.4, 0.5) is 4.39 Å². The molecule has 5 rings (SSSR count). The van der Waals surface area contributed by atoms with Gasteiger partial charge in [-0.15, -0.1) is 0 Å². The van der Waals surface area contributed by atoms with E-state index in [2.05, 4.69) is 34.0 Å². The minimum atomic E-state index is -0.187. The van der Waals surface area contributed by atoms with Crippen LogP contribution in [-0.2, 0) is 19.0 Å². The van der Waals surface area contributed by atoms with Crippen molar-refractivity contribution in [3.05, 3.63) is 65.1 Å². The van der Waals surface area contributed by atoms with Gasteiger partial charge in [0.25, 0.3) is 0 Å². The Labute approximate surface area is 182 Å². The minimum absolute atomic E-state index is 0.0500. The zero-order valence-corrected chi connectivity index (χ0v) is 18.2. The second kappa shape index (κ2) is 7.93. The van der Waals surface area contributed by atoms with E-state index in [0.717, 1.165) is 55.9 Å². The van der Waals surface area contributed by atoms with Gasteiger partial charge in [-0.25, -0.2) is 4.39 Å². The molecule has 1 aromatic heterocycles. The Morgan fingerprint density at radius 2 is 1.90 bits per heavy atom. The minimum Gasteiger partial charge on any atom is -0.497 e. The Morgan fingerprint density at radius 3 is 2.58 bits per heavy atom. The Balaban J connectivity index is 1.47. The highest BCUT2D eigenvalue weighted by Gasteiger charge is 2.44. The van der Waals surface area contributed by atoms with Crippen LogP contribution < -0.4 is 10.1 Å². The van der Waals surface area contributed by atoms with E-state index in [9.17, 15) is 9.50 Å². The fourth-order valence-electron chi connectivity index (χ4n) is 5.60. The van der Waals surface area contributed by atoms with Gasteiger partial charge in [-0.1, -0.05) is 12.1 Å². The van der Waals surface area contributed by atoms with Crippen LogP contribution in [0.15, 0.2) is 42.5 Å². The number of benzene rings is 2. The van der Waals surface area contributed by atoms with Crippen molar-refractivity contribution in [2.45, 2.75) is 30.8 Å². The first-order valence-corrected chi connectivity index (χ1v) is 11.0. The molecule has 1 saturated heterocycles. The normalized spacial score (nSPS) is 20.8. The van der Waals surface area contributed by atoms with Crippen LogP contribution in [0.2, 0.25) is 0 Å². The smallest absolute Gasteiger partial charge is 0.123 e. The number of methoxy groups -OCH3 is 1. The van der Waals surface area contributed by atoms with E-state index >= 15 is 0 Å². The van der Waals surface area contributed by atoms with Gasteiger partial charge < -0.3 is 19.7 Å². The van der Waals surface area contributed by atoms with Gasteiger partial charge in [-0.05, 0) is 61.3 Å². The topological polar surface area (TPSA) is 49.7 Å². The van der Waals surface area contributed by atoms with Gasteiger partial charge in [-0.2, -0.15) is 0 Å². The van der Waals surface area contributed by atoms with Crippen molar-refractivity contribution in [3.8, 4) is 5.75 Å². The van der Waals surface area contributed by atoms with Gasteiger partial charge in [0, 0.05) is 42.7 Å². The number of ether oxygens (including phenoxy) is 1. The number of aryl methyl sites for hydroxylation is 1. The quantitative estimate of drug-likeness (QED) is 0.675. The first-order valence-electron chi connectivity index (χ1n) is 11.0. The highest BCUT2D eigenvalue weighted by Crippen LogP contribution is 2.47. The molecule has 3 aromatic rings. The molecule has 5 nitrogen and oxygen atoms in total. The van der Waals surface area contributed by atoms with E-state index in [1.165, 1.54) is 28.8 Å². The van der Waals surface area contributed by atoms with E-state index < -0.39 is 0 Å². The third-order valence-corrected chi connectivity index (χ3v) is 7.32. The van der Waals surface area contributed by atoms with Crippen LogP contribution >= 0.6 is 0 Å². The van der Waals surface area contributed by atoms with E-state index in [1.807, 2.05) is 18.2 Å². The Morgan fingerprint density at radius 1 is 1.16 bits per heavy atom. The van der Waals surface area contributed by atoms with Crippen LogP contribution in [0.1, 0.15) is 35.7 Å². The van der Waals surface area contributed by atoms with Gasteiger partial charge in [0.15, 0.2) is 0 Å². The van der Waals surface area contributed by atoms with Crippen LogP contribution in [0, 0.1) is 5.82 Å². The lowest BCUT2D eigenvalue weighted by Crippen LogP contribution is -2.52. The molecular formula is C25H30FN3O2. The summed E-state index contributed by atoms with van der Waals surface area (Å²) in [5.74, 6) is 0.662. The molecule has 31 heavy (non-hydrogen) atoms. The maximum atomic E-state index is 13.2. The molecule has 1 fully saturated rings. The predicted molar refractivity (Wildman–Crippen MR) is 120 cm³/mol. The van der Waals surface area contributed by atoms with Crippen LogP contribution in [0.3, 0.4) is 0 Å². The first kappa shape index (κ1) is 20.5. The van der Waals surface area contributed by atoms with Crippen LogP contribution in [0.5, 0.6) is 5.75 Å². The van der Waals surface area contributed by atoms with Gasteiger partial charge in [-0.3, -0.25) is 4.90 Å². The van der Waals surface area contributed by atoms with Crippen LogP contribution in [0.25, 0.3) is 10.9 Å². The summed E-state index contributed by atoms with van der Waals surface area (Å²) >= 11 is 0. The summed E-state index contributed by atoms with van der Waals surface area (Å²) in [5.41, 5.74) is 4.95. The maximum Gasteiger partial charge on any atom is 0.123 e. The van der Waals surface area contributed by atoms with Crippen molar-refractivity contribution in [3.63, 3.8) is 0 Å². The molecule has 164 valence electrons. The molecule has 0 saturated carbocycles. The molecule has 2 aliphatic heterocycles. The molecule has 0 bridgehead atoms. The van der Waals surface area contributed by atoms with Crippen molar-refractivity contribution >= 4 is 10.9 Å². The van der Waals surface area contributed by atoms with Gasteiger partial charge in [0.2, 0.25) is 0 Å². The number of aromatic nitrogens is 1. The van der Waals surface area contributed by atoms with Gasteiger partial charge in [0.1, 0.15) is 11.6 Å². The van der Waals surface area contributed by atoms with E-state index in [0.29, 0.717) is 0 Å². The lowest BCUT2D eigenvalue weighted by molar-refractivity contribution is 0.131. The molecule has 2 aromatic carbocycles. The molecule has 2 aliphatic rings. The molecule has 0 unspecified atom stereocenters. The summed E-state index contributed by atoms with van der Waals surface area (Å²) in [6, 6.07) is 13.1. The maximum absolute atomic E-state index is 13.2. The monoisotopic (exact) mass is 423 g/mol.